The Labute approximate surface area is 458 Å². The van der Waals surface area contributed by atoms with E-state index in [-0.39, 0.29) is 29.3 Å². The van der Waals surface area contributed by atoms with Crippen LogP contribution in [0.5, 0.6) is 0 Å². The molecule has 16 nitrogen and oxygen atoms in total. The third-order valence-corrected chi connectivity index (χ3v) is 19.3. The van der Waals surface area contributed by atoms with E-state index in [1.807, 2.05) is 22.9 Å². The first-order valence-electron chi connectivity index (χ1n) is 29.8. The number of likely N-dealkylation sites (tertiary alicyclic amines) is 2. The molecule has 11 heterocycles. The first-order valence-corrected chi connectivity index (χ1v) is 29.8. The Balaban J connectivity index is 0.756. The zero-order valence-corrected chi connectivity index (χ0v) is 46.0. The first-order chi connectivity index (χ1) is 38.1. The fourth-order valence-corrected chi connectivity index (χ4v) is 14.8. The van der Waals surface area contributed by atoms with Crippen molar-refractivity contribution in [1.82, 2.24) is 59.6 Å². The van der Waals surface area contributed by atoms with Crippen molar-refractivity contribution in [3.8, 4) is 11.1 Å². The summed E-state index contributed by atoms with van der Waals surface area (Å²) in [7, 11) is 1.81. The average Bonchev–Trinajstić information content (AvgIpc) is 4.37. The van der Waals surface area contributed by atoms with Crippen LogP contribution in [-0.4, -0.2) is 152 Å². The zero-order valence-electron chi connectivity index (χ0n) is 46.0. The maximum atomic E-state index is 15.1. The van der Waals surface area contributed by atoms with E-state index in [1.54, 1.807) is 30.1 Å². The van der Waals surface area contributed by atoms with Crippen molar-refractivity contribution in [1.29, 1.82) is 0 Å². The topological polar surface area (TPSA) is 131 Å². The smallest absolute Gasteiger partial charge is 0.264 e. The molecule has 2 amide bonds. The molecule has 0 saturated carbocycles. The molecule has 5 aromatic rings. The lowest BCUT2D eigenvalue weighted by Crippen LogP contribution is -2.49. The van der Waals surface area contributed by atoms with Crippen molar-refractivity contribution >= 4 is 34.8 Å². The number of anilines is 4. The number of hydrogen-bond acceptors (Lipinski definition) is 11. The van der Waals surface area contributed by atoms with Crippen molar-refractivity contribution in [2.24, 2.45) is 18.9 Å². The Morgan fingerprint density at radius 3 is 2.08 bits per heavy atom. The van der Waals surface area contributed by atoms with E-state index in [0.29, 0.717) is 62.7 Å². The van der Waals surface area contributed by atoms with Crippen LogP contribution in [0.15, 0.2) is 48.8 Å². The summed E-state index contributed by atoms with van der Waals surface area (Å²) in [6.45, 7) is 16.2. The highest BCUT2D eigenvalue weighted by molar-refractivity contribution is 5.81. The molecule has 2 N–H and O–H groups in total. The number of aryl methyl sites for hydroxylation is 2. The Hall–Kier alpha value is -5.69. The van der Waals surface area contributed by atoms with Crippen LogP contribution in [0.1, 0.15) is 135 Å². The van der Waals surface area contributed by atoms with Crippen LogP contribution < -0.4 is 20.4 Å². The molecule has 0 radical (unpaired) electrons. The van der Waals surface area contributed by atoms with E-state index in [9.17, 15) is 9.59 Å². The highest BCUT2D eigenvalue weighted by atomic mass is 19.3. The molecule has 8 aliphatic heterocycles. The molecule has 4 fully saturated rings. The van der Waals surface area contributed by atoms with E-state index in [0.717, 1.165) is 156 Å². The number of nitrogens with one attached hydrogen (secondary N) is 2. The van der Waals surface area contributed by atoms with Crippen LogP contribution in [-0.2, 0) is 49.0 Å². The summed E-state index contributed by atoms with van der Waals surface area (Å²) >= 11 is 0. The summed E-state index contributed by atoms with van der Waals surface area (Å²) < 4.78 is 36.5. The normalized spacial score (nSPS) is 22.1. The SMILES string of the molecule is CC(=O)N1CCc2c(c(N3CCC(CC(=O)N4CCc5c(c(N6CCCc7cc(-c8cnn(C)c8)c(C(F)F)cc76)nn5C5CN(CCC6CCNCC6)C5)C4)c4ccccc43)nn2C2CCN(CC3CCNCC3)CC2)C1. The quantitative estimate of drug-likeness (QED) is 0.119. The van der Waals surface area contributed by atoms with Gasteiger partial charge in [-0.1, -0.05) is 18.2 Å². The molecular weight excluding hydrogens is 987 g/mol. The fraction of sp³-hybridized carbons (Fsp3) is 0.617. The molecular formula is C60H80F2N14O2. The van der Waals surface area contributed by atoms with Crippen LogP contribution in [0.4, 0.5) is 31.8 Å². The van der Waals surface area contributed by atoms with Gasteiger partial charge < -0.3 is 35.1 Å². The van der Waals surface area contributed by atoms with Crippen molar-refractivity contribution in [3.63, 3.8) is 0 Å². The van der Waals surface area contributed by atoms with E-state index in [1.165, 1.54) is 55.6 Å². The lowest BCUT2D eigenvalue weighted by molar-refractivity contribution is -0.132. The highest BCUT2D eigenvalue weighted by Crippen LogP contribution is 2.47. The molecule has 1 atom stereocenters. The number of rotatable bonds is 13. The van der Waals surface area contributed by atoms with E-state index in [4.69, 9.17) is 10.2 Å². The van der Waals surface area contributed by atoms with E-state index >= 15 is 8.78 Å². The molecule has 2 aromatic carbocycles. The molecule has 416 valence electrons. The van der Waals surface area contributed by atoms with Gasteiger partial charge in [0, 0.05) is 143 Å². The van der Waals surface area contributed by atoms with Gasteiger partial charge >= 0.3 is 0 Å². The summed E-state index contributed by atoms with van der Waals surface area (Å²) in [6.07, 6.45) is 13.5. The monoisotopic (exact) mass is 1070 g/mol. The Morgan fingerprint density at radius 2 is 1.38 bits per heavy atom. The van der Waals surface area contributed by atoms with Gasteiger partial charge in [-0.05, 0) is 150 Å². The Morgan fingerprint density at radius 1 is 0.718 bits per heavy atom. The van der Waals surface area contributed by atoms with Crippen molar-refractivity contribution in [2.75, 3.05) is 101 Å². The van der Waals surface area contributed by atoms with Crippen LogP contribution >= 0.6 is 0 Å². The first kappa shape index (κ1) is 51.7. The Kier molecular flexibility index (Phi) is 14.7. The fourth-order valence-electron chi connectivity index (χ4n) is 14.8. The number of carbonyl (C=O) groups excluding carboxylic acids is 2. The largest absolute Gasteiger partial charge is 0.338 e. The van der Waals surface area contributed by atoms with Crippen LogP contribution in [0, 0.1) is 11.8 Å². The minimum Gasteiger partial charge on any atom is -0.338 e. The maximum absolute atomic E-state index is 15.1. The third kappa shape index (κ3) is 10.2. The lowest BCUT2D eigenvalue weighted by atomic mass is 9.86. The number of piperidine rings is 3. The number of hydrogen-bond donors (Lipinski definition) is 2. The average molecular weight is 1070 g/mol. The summed E-state index contributed by atoms with van der Waals surface area (Å²) in [4.78, 5) is 41.7. The predicted molar refractivity (Wildman–Crippen MR) is 299 cm³/mol. The van der Waals surface area contributed by atoms with Gasteiger partial charge in [-0.2, -0.15) is 15.3 Å². The standard InChI is InChI=1S/C60H80F2N14O2/c1-40(77)71-27-17-54-51(38-71)60(66-75(54)46-15-25-69(26-16-46)34-42-11-21-64-22-12-42)74-29-14-43(48-7-3-4-8-53(48)74)31-57(78)72-28-18-55-52(39-72)59(67-76(55)47-36-70(37-47)24-13-41-9-19-63-20-10-41)73-23-5-6-44-30-49(45-33-65-68(2)35-45)50(58(61)62)32-56(44)73/h3-4,7-8,30,32-33,35,41-43,46-47,58,63-64H,5-6,9-29,31,34,36-39H2,1-2H3. The Bertz CT molecular complexity index is 2980. The van der Waals surface area contributed by atoms with Gasteiger partial charge in [-0.25, -0.2) is 8.78 Å². The van der Waals surface area contributed by atoms with Gasteiger partial charge in [-0.3, -0.25) is 28.5 Å². The second-order valence-corrected chi connectivity index (χ2v) is 24.2. The molecule has 3 aromatic heterocycles. The number of carbonyl (C=O) groups is 2. The number of halogens is 2. The molecule has 0 bridgehead atoms. The second kappa shape index (κ2) is 22.1. The zero-order chi connectivity index (χ0) is 53.0. The molecule has 0 spiro atoms. The number of aromatic nitrogens is 6. The van der Waals surface area contributed by atoms with Gasteiger partial charge in [0.25, 0.3) is 6.43 Å². The van der Waals surface area contributed by atoms with Gasteiger partial charge in [0.15, 0.2) is 11.6 Å². The molecule has 78 heavy (non-hydrogen) atoms. The van der Waals surface area contributed by atoms with Crippen LogP contribution in [0.3, 0.4) is 0 Å². The molecule has 4 saturated heterocycles. The molecule has 0 aliphatic carbocycles. The predicted octanol–water partition coefficient (Wildman–Crippen LogP) is 7.89. The third-order valence-electron chi connectivity index (χ3n) is 19.3. The summed E-state index contributed by atoms with van der Waals surface area (Å²) in [5, 5.41) is 22.4. The van der Waals surface area contributed by atoms with Crippen molar-refractivity contribution in [3.05, 3.63) is 88.0 Å². The second-order valence-electron chi connectivity index (χ2n) is 24.2. The number of alkyl halides is 2. The maximum Gasteiger partial charge on any atom is 0.264 e. The lowest BCUT2D eigenvalue weighted by Gasteiger charge is -2.41. The van der Waals surface area contributed by atoms with Crippen LogP contribution in [0.25, 0.3) is 11.1 Å². The number of para-hydroxylation sites is 1. The summed E-state index contributed by atoms with van der Waals surface area (Å²) in [5.41, 5.74) is 9.96. The summed E-state index contributed by atoms with van der Waals surface area (Å²) in [6, 6.07) is 12.8. The number of amides is 2. The molecule has 13 rings (SSSR count). The van der Waals surface area contributed by atoms with Gasteiger partial charge in [-0.15, -0.1) is 0 Å². The molecule has 18 heteroatoms. The summed E-state index contributed by atoms with van der Waals surface area (Å²) in [5.74, 6) is 3.56. The van der Waals surface area contributed by atoms with Crippen LogP contribution in [0.2, 0.25) is 0 Å². The number of fused-ring (bicyclic) bond motifs is 4. The minimum absolute atomic E-state index is 0.00125. The number of benzene rings is 2. The van der Waals surface area contributed by atoms with E-state index < -0.39 is 6.43 Å². The number of nitrogens with zero attached hydrogens (tertiary/aromatic N) is 12. The minimum atomic E-state index is -2.67. The van der Waals surface area contributed by atoms with Gasteiger partial charge in [0.1, 0.15) is 0 Å². The van der Waals surface area contributed by atoms with Crippen molar-refractivity contribution in [2.45, 2.75) is 128 Å². The van der Waals surface area contributed by atoms with E-state index in [2.05, 4.69) is 69.0 Å². The van der Waals surface area contributed by atoms with Crippen molar-refractivity contribution < 1.29 is 18.4 Å². The van der Waals surface area contributed by atoms with Gasteiger partial charge in [0.2, 0.25) is 11.8 Å². The van der Waals surface area contributed by atoms with Gasteiger partial charge in [0.05, 0.1) is 31.4 Å². The molecule has 1 unspecified atom stereocenters. The molecule has 8 aliphatic rings. The highest BCUT2D eigenvalue weighted by Gasteiger charge is 2.40.